The van der Waals surface area contributed by atoms with Crippen LogP contribution in [-0.2, 0) is 0 Å². The van der Waals surface area contributed by atoms with Crippen LogP contribution >= 0.6 is 11.8 Å². The molecule has 2 heterocycles. The molecule has 104 valence electrons. The van der Waals surface area contributed by atoms with Gasteiger partial charge in [0.1, 0.15) is 0 Å². The second-order valence-electron chi connectivity index (χ2n) is 5.62. The minimum atomic E-state index is 0.106. The van der Waals surface area contributed by atoms with Crippen molar-refractivity contribution in [2.75, 3.05) is 6.26 Å². The fourth-order valence-electron chi connectivity index (χ4n) is 3.52. The molecule has 2 aliphatic rings. The van der Waals surface area contributed by atoms with Crippen LogP contribution in [0, 0.1) is 11.3 Å². The van der Waals surface area contributed by atoms with E-state index in [9.17, 15) is 4.79 Å². The Hall–Kier alpha value is -1.47. The molecule has 0 aliphatic carbocycles. The van der Waals surface area contributed by atoms with Crippen LogP contribution in [0.5, 0.6) is 0 Å². The largest absolute Gasteiger partial charge is 0.333 e. The van der Waals surface area contributed by atoms with Gasteiger partial charge in [-0.05, 0) is 50.1 Å². The third-order valence-corrected chi connectivity index (χ3v) is 5.55. The summed E-state index contributed by atoms with van der Waals surface area (Å²) in [7, 11) is 0. The summed E-state index contributed by atoms with van der Waals surface area (Å²) in [5, 5.41) is 9.66. The lowest BCUT2D eigenvalue weighted by Gasteiger charge is -2.38. The second kappa shape index (κ2) is 5.49. The lowest BCUT2D eigenvalue weighted by molar-refractivity contribution is 0.0601. The molecule has 3 atom stereocenters. The minimum Gasteiger partial charge on any atom is -0.333 e. The van der Waals surface area contributed by atoms with Crippen LogP contribution in [-0.4, -0.2) is 34.4 Å². The zero-order chi connectivity index (χ0) is 14.1. The van der Waals surface area contributed by atoms with Crippen LogP contribution in [0.4, 0.5) is 0 Å². The van der Waals surface area contributed by atoms with Gasteiger partial charge in [0.25, 0.3) is 5.91 Å². The number of thioether (sulfide) groups is 1. The van der Waals surface area contributed by atoms with Gasteiger partial charge >= 0.3 is 0 Å². The van der Waals surface area contributed by atoms with E-state index < -0.39 is 0 Å². The average Bonchev–Trinajstić information content (AvgIpc) is 2.76. The lowest BCUT2D eigenvalue weighted by atomic mass is 10.0. The maximum atomic E-state index is 12.7. The second-order valence-corrected chi connectivity index (χ2v) is 6.76. The molecule has 0 aromatic heterocycles. The normalized spacial score (nSPS) is 28.2. The zero-order valence-corrected chi connectivity index (χ0v) is 12.4. The summed E-state index contributed by atoms with van der Waals surface area (Å²) in [6, 6.07) is 9.96. The van der Waals surface area contributed by atoms with Crippen LogP contribution < -0.4 is 0 Å². The quantitative estimate of drug-likeness (QED) is 0.839. The van der Waals surface area contributed by atoms with E-state index in [1.807, 2.05) is 17.8 Å². The molecule has 2 saturated heterocycles. The molecule has 20 heavy (non-hydrogen) atoms. The molecule has 2 fully saturated rings. The summed E-state index contributed by atoms with van der Waals surface area (Å²) >= 11 is 1.93. The third-order valence-electron chi connectivity index (χ3n) is 4.50. The van der Waals surface area contributed by atoms with Gasteiger partial charge in [-0.25, -0.2) is 0 Å². The first kappa shape index (κ1) is 13.5. The number of nitriles is 1. The average molecular weight is 286 g/mol. The van der Waals surface area contributed by atoms with E-state index in [1.54, 1.807) is 18.2 Å². The van der Waals surface area contributed by atoms with Crippen molar-refractivity contribution in [2.24, 2.45) is 0 Å². The Morgan fingerprint density at radius 2 is 2.05 bits per heavy atom. The molecule has 0 N–H and O–H groups in total. The number of fused-ring (bicyclic) bond motifs is 2. The number of amides is 1. The molecule has 0 saturated carbocycles. The Balaban J connectivity index is 1.83. The van der Waals surface area contributed by atoms with Gasteiger partial charge in [-0.2, -0.15) is 17.0 Å². The van der Waals surface area contributed by atoms with Crippen LogP contribution in [0.2, 0.25) is 0 Å². The molecule has 4 heteroatoms. The highest BCUT2D eigenvalue weighted by Crippen LogP contribution is 2.40. The Labute approximate surface area is 124 Å². The van der Waals surface area contributed by atoms with Gasteiger partial charge in [-0.3, -0.25) is 4.79 Å². The molecule has 1 amide bonds. The molecule has 0 radical (unpaired) electrons. The summed E-state index contributed by atoms with van der Waals surface area (Å²) in [5.74, 6) is 0.106. The van der Waals surface area contributed by atoms with Gasteiger partial charge in [0.05, 0.1) is 11.6 Å². The van der Waals surface area contributed by atoms with Crippen LogP contribution in [0.25, 0.3) is 0 Å². The number of carbonyl (C=O) groups is 1. The fraction of sp³-hybridized carbons (Fsp3) is 0.500. The van der Waals surface area contributed by atoms with Crippen molar-refractivity contribution in [3.05, 3.63) is 35.4 Å². The van der Waals surface area contributed by atoms with E-state index in [-0.39, 0.29) is 5.91 Å². The number of benzene rings is 1. The number of rotatable bonds is 2. The monoisotopic (exact) mass is 286 g/mol. The predicted octanol–water partition coefficient (Wildman–Crippen LogP) is 3.06. The van der Waals surface area contributed by atoms with E-state index >= 15 is 0 Å². The number of nitrogens with zero attached hydrogens (tertiary/aromatic N) is 2. The van der Waals surface area contributed by atoms with Gasteiger partial charge in [0.15, 0.2) is 0 Å². The number of hydrogen-bond donors (Lipinski definition) is 0. The lowest BCUT2D eigenvalue weighted by Crippen LogP contribution is -2.47. The maximum absolute atomic E-state index is 12.7. The van der Waals surface area contributed by atoms with E-state index in [0.29, 0.717) is 28.5 Å². The van der Waals surface area contributed by atoms with Crippen LogP contribution in [0.15, 0.2) is 24.3 Å². The topological polar surface area (TPSA) is 44.1 Å². The van der Waals surface area contributed by atoms with E-state index in [4.69, 9.17) is 5.26 Å². The highest BCUT2D eigenvalue weighted by Gasteiger charge is 2.43. The molecular formula is C16H18N2OS. The number of hydrogen-bond acceptors (Lipinski definition) is 3. The van der Waals surface area contributed by atoms with Gasteiger partial charge in [0, 0.05) is 22.9 Å². The van der Waals surface area contributed by atoms with Crippen LogP contribution in [0.3, 0.4) is 0 Å². The first-order valence-corrected chi connectivity index (χ1v) is 8.37. The molecule has 2 bridgehead atoms. The van der Waals surface area contributed by atoms with E-state index in [1.165, 1.54) is 0 Å². The summed E-state index contributed by atoms with van der Waals surface area (Å²) in [4.78, 5) is 14.8. The fourth-order valence-corrected chi connectivity index (χ4v) is 4.35. The zero-order valence-electron chi connectivity index (χ0n) is 11.6. The van der Waals surface area contributed by atoms with Gasteiger partial charge in [-0.1, -0.05) is 6.07 Å². The van der Waals surface area contributed by atoms with Crippen molar-refractivity contribution < 1.29 is 4.79 Å². The van der Waals surface area contributed by atoms with Crippen LogP contribution in [0.1, 0.15) is 41.6 Å². The van der Waals surface area contributed by atoms with E-state index in [2.05, 4.69) is 17.2 Å². The van der Waals surface area contributed by atoms with Crippen molar-refractivity contribution in [3.63, 3.8) is 0 Å². The summed E-state index contributed by atoms with van der Waals surface area (Å²) in [5.41, 5.74) is 1.21. The Morgan fingerprint density at radius 1 is 1.35 bits per heavy atom. The highest BCUT2D eigenvalue weighted by molar-refractivity contribution is 7.99. The van der Waals surface area contributed by atoms with Crippen molar-refractivity contribution in [1.29, 1.82) is 5.26 Å². The first-order valence-electron chi connectivity index (χ1n) is 7.08. The minimum absolute atomic E-state index is 0.106. The van der Waals surface area contributed by atoms with Gasteiger partial charge in [-0.15, -0.1) is 0 Å². The standard InChI is InChI=1S/C16H18N2OS/c1-20-15-8-13-5-6-14(9-15)18(13)16(19)12-4-2-3-11(7-12)10-17/h2-4,7,13-15H,5-6,8-9H2,1H3/t13-,14+,15?. The Bertz CT molecular complexity index is 552. The molecular weight excluding hydrogens is 268 g/mol. The molecule has 3 rings (SSSR count). The maximum Gasteiger partial charge on any atom is 0.254 e. The molecule has 3 nitrogen and oxygen atoms in total. The smallest absolute Gasteiger partial charge is 0.254 e. The number of carbonyl (C=O) groups excluding carboxylic acids is 1. The predicted molar refractivity (Wildman–Crippen MR) is 80.7 cm³/mol. The summed E-state index contributed by atoms with van der Waals surface area (Å²) < 4.78 is 0. The Morgan fingerprint density at radius 3 is 2.65 bits per heavy atom. The Kier molecular flexibility index (Phi) is 3.71. The van der Waals surface area contributed by atoms with Crippen molar-refractivity contribution >= 4 is 17.7 Å². The van der Waals surface area contributed by atoms with Crippen molar-refractivity contribution in [1.82, 2.24) is 4.90 Å². The molecule has 0 spiro atoms. The molecule has 1 aromatic carbocycles. The van der Waals surface area contributed by atoms with E-state index in [0.717, 1.165) is 25.7 Å². The summed E-state index contributed by atoms with van der Waals surface area (Å²) in [6.45, 7) is 0. The van der Waals surface area contributed by atoms with Gasteiger partial charge in [0.2, 0.25) is 0 Å². The molecule has 1 aromatic rings. The molecule has 2 aliphatic heterocycles. The summed E-state index contributed by atoms with van der Waals surface area (Å²) in [6.07, 6.45) is 6.65. The third kappa shape index (κ3) is 2.31. The van der Waals surface area contributed by atoms with Gasteiger partial charge < -0.3 is 4.90 Å². The van der Waals surface area contributed by atoms with Crippen molar-refractivity contribution in [2.45, 2.75) is 43.0 Å². The first-order chi connectivity index (χ1) is 9.72. The highest BCUT2D eigenvalue weighted by atomic mass is 32.2. The number of piperidine rings is 1. The SMILES string of the molecule is CSC1C[C@H]2CC[C@@H](C1)N2C(=O)c1cccc(C#N)c1. The molecule has 1 unspecified atom stereocenters. The van der Waals surface area contributed by atoms with Crippen molar-refractivity contribution in [3.8, 4) is 6.07 Å².